The van der Waals surface area contributed by atoms with E-state index in [9.17, 15) is 9.18 Å². The summed E-state index contributed by atoms with van der Waals surface area (Å²) >= 11 is 11.6. The van der Waals surface area contributed by atoms with Gasteiger partial charge in [0.05, 0.1) is 16.7 Å². The molecule has 0 atom stereocenters. The number of hydrogen-bond donors (Lipinski definition) is 1. The Morgan fingerprint density at radius 1 is 1.08 bits per heavy atom. The van der Waals surface area contributed by atoms with Gasteiger partial charge in [-0.2, -0.15) is 0 Å². The Morgan fingerprint density at radius 2 is 1.88 bits per heavy atom. The highest BCUT2D eigenvalue weighted by Crippen LogP contribution is 2.26. The number of carbonyl (C=O) groups excluding carboxylic acids is 1. The summed E-state index contributed by atoms with van der Waals surface area (Å²) in [5.41, 5.74) is 0. The quantitative estimate of drug-likeness (QED) is 0.710. The summed E-state index contributed by atoms with van der Waals surface area (Å²) < 4.78 is 23.9. The third-order valence-electron chi connectivity index (χ3n) is 3.00. The van der Waals surface area contributed by atoms with Crippen LogP contribution in [0.25, 0.3) is 0 Å². The Morgan fingerprint density at radius 3 is 2.62 bits per heavy atom. The molecule has 0 aliphatic heterocycles. The molecule has 0 aliphatic carbocycles. The van der Waals surface area contributed by atoms with Crippen LogP contribution in [0.2, 0.25) is 10.0 Å². The summed E-state index contributed by atoms with van der Waals surface area (Å²) in [6.07, 6.45) is 0.548. The Bertz CT molecular complexity index is 697. The summed E-state index contributed by atoms with van der Waals surface area (Å²) in [7, 11) is 0. The maximum Gasteiger partial charge on any atom is 0.257 e. The molecule has 0 saturated carbocycles. The summed E-state index contributed by atoms with van der Waals surface area (Å²) in [6.45, 7) is 0.568. The highest BCUT2D eigenvalue weighted by molar-refractivity contribution is 6.42. The van der Waals surface area contributed by atoms with Gasteiger partial charge in [-0.25, -0.2) is 4.39 Å². The van der Waals surface area contributed by atoms with Gasteiger partial charge in [0.15, 0.2) is 18.2 Å². The van der Waals surface area contributed by atoms with Crippen molar-refractivity contribution in [3.8, 4) is 11.5 Å². The van der Waals surface area contributed by atoms with Crippen LogP contribution >= 0.6 is 23.2 Å². The lowest BCUT2D eigenvalue weighted by atomic mass is 10.3. The van der Waals surface area contributed by atoms with E-state index in [4.69, 9.17) is 32.7 Å². The van der Waals surface area contributed by atoms with Crippen molar-refractivity contribution in [1.29, 1.82) is 0 Å². The van der Waals surface area contributed by atoms with Gasteiger partial charge in [0.25, 0.3) is 5.91 Å². The lowest BCUT2D eigenvalue weighted by Gasteiger charge is -2.09. The Balaban J connectivity index is 1.61. The fraction of sp³-hybridized carbons (Fsp3) is 0.235. The molecule has 4 nitrogen and oxygen atoms in total. The van der Waals surface area contributed by atoms with Gasteiger partial charge in [-0.15, -0.1) is 0 Å². The predicted octanol–water partition coefficient (Wildman–Crippen LogP) is 4.10. The van der Waals surface area contributed by atoms with Crippen molar-refractivity contribution in [3.05, 3.63) is 58.3 Å². The minimum Gasteiger partial charge on any atom is -0.490 e. The summed E-state index contributed by atoms with van der Waals surface area (Å²) in [5.74, 6) is -0.0160. The smallest absolute Gasteiger partial charge is 0.257 e. The lowest BCUT2D eigenvalue weighted by Crippen LogP contribution is -2.30. The van der Waals surface area contributed by atoms with E-state index in [1.54, 1.807) is 36.4 Å². The van der Waals surface area contributed by atoms with Gasteiger partial charge in [-0.05, 0) is 30.7 Å². The molecule has 1 amide bonds. The van der Waals surface area contributed by atoms with E-state index in [0.29, 0.717) is 35.4 Å². The van der Waals surface area contributed by atoms with Crippen molar-refractivity contribution in [1.82, 2.24) is 5.32 Å². The maximum absolute atomic E-state index is 13.3. The average Bonchev–Trinajstić information content (AvgIpc) is 2.57. The molecule has 128 valence electrons. The first-order valence-corrected chi connectivity index (χ1v) is 8.04. The number of nitrogens with one attached hydrogen (secondary N) is 1. The summed E-state index contributed by atoms with van der Waals surface area (Å²) in [6, 6.07) is 10.9. The van der Waals surface area contributed by atoms with E-state index in [2.05, 4.69) is 5.32 Å². The number of halogens is 3. The van der Waals surface area contributed by atoms with Crippen molar-refractivity contribution in [2.45, 2.75) is 6.42 Å². The summed E-state index contributed by atoms with van der Waals surface area (Å²) in [5, 5.41) is 3.46. The van der Waals surface area contributed by atoms with E-state index in [0.717, 1.165) is 0 Å². The second kappa shape index (κ2) is 9.35. The Kier molecular flexibility index (Phi) is 7.15. The molecule has 0 bridgehead atoms. The van der Waals surface area contributed by atoms with Gasteiger partial charge in [0.1, 0.15) is 5.75 Å². The van der Waals surface area contributed by atoms with Gasteiger partial charge in [-0.3, -0.25) is 4.79 Å². The van der Waals surface area contributed by atoms with Gasteiger partial charge in [0.2, 0.25) is 0 Å². The average molecular weight is 372 g/mol. The Hall–Kier alpha value is -1.98. The minimum absolute atomic E-state index is 0.133. The maximum atomic E-state index is 13.3. The predicted molar refractivity (Wildman–Crippen MR) is 91.5 cm³/mol. The number of benzene rings is 2. The number of para-hydroxylation sites is 1. The van der Waals surface area contributed by atoms with Crippen LogP contribution in [-0.2, 0) is 4.79 Å². The van der Waals surface area contributed by atoms with Crippen LogP contribution < -0.4 is 14.8 Å². The van der Waals surface area contributed by atoms with Gasteiger partial charge >= 0.3 is 0 Å². The van der Waals surface area contributed by atoms with Crippen LogP contribution in [-0.4, -0.2) is 25.7 Å². The number of ether oxygens (including phenoxy) is 2. The minimum atomic E-state index is -0.406. The molecule has 0 saturated heterocycles. The highest BCUT2D eigenvalue weighted by atomic mass is 35.5. The summed E-state index contributed by atoms with van der Waals surface area (Å²) in [4.78, 5) is 11.7. The molecule has 2 aromatic carbocycles. The zero-order valence-electron chi connectivity index (χ0n) is 12.7. The lowest BCUT2D eigenvalue weighted by molar-refractivity contribution is -0.123. The standard InChI is InChI=1S/C17H16Cl2FNO3/c18-13-7-6-12(10-14(13)19)24-11-17(22)21-8-3-9-23-16-5-2-1-4-15(16)20/h1-2,4-7,10H,3,8-9,11H2,(H,21,22). The van der Waals surface area contributed by atoms with Crippen molar-refractivity contribution in [2.24, 2.45) is 0 Å². The molecule has 1 N–H and O–H groups in total. The van der Waals surface area contributed by atoms with E-state index < -0.39 is 5.82 Å². The van der Waals surface area contributed by atoms with Gasteiger partial charge in [0, 0.05) is 12.6 Å². The largest absolute Gasteiger partial charge is 0.490 e. The van der Waals surface area contributed by atoms with E-state index >= 15 is 0 Å². The SMILES string of the molecule is O=C(COc1ccc(Cl)c(Cl)c1)NCCCOc1ccccc1F. The van der Waals surface area contributed by atoms with E-state index in [-0.39, 0.29) is 18.3 Å². The number of hydrogen-bond acceptors (Lipinski definition) is 3. The van der Waals surface area contributed by atoms with Crippen molar-refractivity contribution < 1.29 is 18.7 Å². The monoisotopic (exact) mass is 371 g/mol. The molecule has 0 heterocycles. The topological polar surface area (TPSA) is 47.6 Å². The van der Waals surface area contributed by atoms with Gasteiger partial charge < -0.3 is 14.8 Å². The molecule has 0 aliphatic rings. The first-order chi connectivity index (χ1) is 11.6. The molecule has 0 spiro atoms. The molecular weight excluding hydrogens is 356 g/mol. The van der Waals surface area contributed by atoms with Gasteiger partial charge in [-0.1, -0.05) is 35.3 Å². The molecular formula is C17H16Cl2FNO3. The molecule has 0 unspecified atom stereocenters. The van der Waals surface area contributed by atoms with Crippen LogP contribution in [0.3, 0.4) is 0 Å². The third-order valence-corrected chi connectivity index (χ3v) is 3.74. The fourth-order valence-electron chi connectivity index (χ4n) is 1.81. The van der Waals surface area contributed by atoms with Crippen LogP contribution in [0.4, 0.5) is 4.39 Å². The second-order valence-corrected chi connectivity index (χ2v) is 5.66. The van der Waals surface area contributed by atoms with Crippen molar-refractivity contribution in [3.63, 3.8) is 0 Å². The van der Waals surface area contributed by atoms with E-state index in [1.807, 2.05) is 0 Å². The zero-order chi connectivity index (χ0) is 17.4. The van der Waals surface area contributed by atoms with Crippen LogP contribution in [0, 0.1) is 5.82 Å². The molecule has 24 heavy (non-hydrogen) atoms. The fourth-order valence-corrected chi connectivity index (χ4v) is 2.10. The van der Waals surface area contributed by atoms with Crippen LogP contribution in [0.1, 0.15) is 6.42 Å². The molecule has 0 fully saturated rings. The van der Waals surface area contributed by atoms with Crippen molar-refractivity contribution >= 4 is 29.1 Å². The number of rotatable bonds is 8. The normalized spacial score (nSPS) is 10.3. The van der Waals surface area contributed by atoms with Crippen LogP contribution in [0.15, 0.2) is 42.5 Å². The van der Waals surface area contributed by atoms with Crippen LogP contribution in [0.5, 0.6) is 11.5 Å². The Labute approximate surface area is 149 Å². The molecule has 2 aromatic rings. The van der Waals surface area contributed by atoms with E-state index in [1.165, 1.54) is 6.07 Å². The number of carbonyl (C=O) groups is 1. The zero-order valence-corrected chi connectivity index (χ0v) is 14.2. The first kappa shape index (κ1) is 18.4. The molecule has 0 radical (unpaired) electrons. The first-order valence-electron chi connectivity index (χ1n) is 7.28. The number of amides is 1. The second-order valence-electron chi connectivity index (χ2n) is 4.85. The molecule has 7 heteroatoms. The van der Waals surface area contributed by atoms with Crippen molar-refractivity contribution in [2.75, 3.05) is 19.8 Å². The molecule has 2 rings (SSSR count). The highest BCUT2D eigenvalue weighted by Gasteiger charge is 2.05. The third kappa shape index (κ3) is 5.91. The molecule has 0 aromatic heterocycles.